The van der Waals surface area contributed by atoms with Crippen LogP contribution in [0, 0.1) is 5.82 Å². The van der Waals surface area contributed by atoms with Gasteiger partial charge in [-0.3, -0.25) is 4.79 Å². The van der Waals surface area contributed by atoms with Crippen LogP contribution in [0.2, 0.25) is 0 Å². The molecule has 1 amide bonds. The molecule has 2 aliphatic heterocycles. The van der Waals surface area contributed by atoms with Crippen LogP contribution in [0.4, 0.5) is 10.1 Å². The van der Waals surface area contributed by atoms with Crippen LogP contribution in [-0.2, 0) is 11.3 Å². The van der Waals surface area contributed by atoms with Crippen molar-refractivity contribution in [2.45, 2.75) is 50.6 Å². The van der Waals surface area contributed by atoms with Crippen molar-refractivity contribution < 1.29 is 9.18 Å². The Bertz CT molecular complexity index is 771. The molecule has 0 aliphatic carbocycles. The second-order valence-electron chi connectivity index (χ2n) is 7.03. The van der Waals surface area contributed by atoms with Gasteiger partial charge in [-0.05, 0) is 48.2 Å². The van der Waals surface area contributed by atoms with Crippen LogP contribution in [0.25, 0.3) is 0 Å². The monoisotopic (exact) mass is 358 g/mol. The number of nitrogens with zero attached hydrogens (tertiary/aromatic N) is 5. The van der Waals surface area contributed by atoms with E-state index in [2.05, 4.69) is 20.8 Å². The summed E-state index contributed by atoms with van der Waals surface area (Å²) < 4.78 is 15.7. The Morgan fingerprint density at radius 3 is 2.73 bits per heavy atom. The lowest BCUT2D eigenvalue weighted by Gasteiger charge is -2.34. The molecule has 138 valence electrons. The second kappa shape index (κ2) is 7.39. The second-order valence-corrected chi connectivity index (χ2v) is 7.03. The van der Waals surface area contributed by atoms with E-state index in [0.717, 1.165) is 51.7 Å². The van der Waals surface area contributed by atoms with E-state index in [1.54, 1.807) is 16.8 Å². The number of carbonyl (C=O) groups is 1. The predicted molar refractivity (Wildman–Crippen MR) is 94.2 cm³/mol. The molecular weight excluding hydrogens is 335 g/mol. The van der Waals surface area contributed by atoms with Gasteiger partial charge in [-0.15, -0.1) is 5.10 Å². The van der Waals surface area contributed by atoms with Crippen molar-refractivity contribution in [1.82, 2.24) is 25.5 Å². The van der Waals surface area contributed by atoms with Gasteiger partial charge in [0.15, 0.2) is 5.82 Å². The molecule has 26 heavy (non-hydrogen) atoms. The number of nitrogens with one attached hydrogen (secondary N) is 1. The number of aromatic nitrogens is 4. The van der Waals surface area contributed by atoms with Gasteiger partial charge in [0.1, 0.15) is 5.82 Å². The van der Waals surface area contributed by atoms with Crippen LogP contribution in [0.1, 0.15) is 43.8 Å². The van der Waals surface area contributed by atoms with Gasteiger partial charge in [-0.2, -0.15) is 0 Å². The summed E-state index contributed by atoms with van der Waals surface area (Å²) in [6.07, 6.45) is 4.35. The molecule has 2 aliphatic rings. The molecule has 3 heterocycles. The molecule has 7 nitrogen and oxygen atoms in total. The molecule has 1 fully saturated rings. The molecule has 8 heteroatoms. The van der Waals surface area contributed by atoms with Gasteiger partial charge in [0.2, 0.25) is 5.91 Å². The summed E-state index contributed by atoms with van der Waals surface area (Å²) in [7, 11) is 0. The van der Waals surface area contributed by atoms with Gasteiger partial charge in [0.05, 0.1) is 11.6 Å². The van der Waals surface area contributed by atoms with E-state index in [-0.39, 0.29) is 23.7 Å². The Morgan fingerprint density at radius 2 is 1.92 bits per heavy atom. The summed E-state index contributed by atoms with van der Waals surface area (Å²) in [5.74, 6) is 0.202. The molecule has 2 aromatic rings. The zero-order chi connectivity index (χ0) is 17.9. The summed E-state index contributed by atoms with van der Waals surface area (Å²) in [4.78, 5) is 14.8. The number of anilines is 1. The third-order valence-electron chi connectivity index (χ3n) is 5.33. The highest BCUT2D eigenvalue weighted by Crippen LogP contribution is 2.26. The molecule has 1 aromatic carbocycles. The van der Waals surface area contributed by atoms with Crippen molar-refractivity contribution in [1.29, 1.82) is 0 Å². The zero-order valence-electron chi connectivity index (χ0n) is 14.6. The number of para-hydroxylation sites is 1. The Balaban J connectivity index is 1.36. The lowest BCUT2D eigenvalue weighted by atomic mass is 9.99. The van der Waals surface area contributed by atoms with Gasteiger partial charge in [0.25, 0.3) is 0 Å². The van der Waals surface area contributed by atoms with Gasteiger partial charge < -0.3 is 10.2 Å². The normalized spacial score (nSPS) is 21.1. The van der Waals surface area contributed by atoms with E-state index in [4.69, 9.17) is 0 Å². The Hall–Kier alpha value is -2.51. The Labute approximate surface area is 151 Å². The number of tetrazole rings is 1. The molecule has 0 bridgehead atoms. The van der Waals surface area contributed by atoms with E-state index in [9.17, 15) is 9.18 Å². The maximum Gasteiger partial charge on any atom is 0.231 e. The van der Waals surface area contributed by atoms with E-state index in [1.165, 1.54) is 6.07 Å². The molecule has 4 rings (SSSR count). The van der Waals surface area contributed by atoms with Crippen molar-refractivity contribution >= 4 is 11.6 Å². The van der Waals surface area contributed by atoms with Gasteiger partial charge in [-0.1, -0.05) is 18.6 Å². The van der Waals surface area contributed by atoms with Crippen molar-refractivity contribution in [3.05, 3.63) is 35.9 Å². The molecule has 0 spiro atoms. The highest BCUT2D eigenvalue weighted by atomic mass is 19.1. The quantitative estimate of drug-likeness (QED) is 0.906. The van der Waals surface area contributed by atoms with Crippen molar-refractivity contribution in [3.63, 3.8) is 0 Å². The Morgan fingerprint density at radius 1 is 1.12 bits per heavy atom. The smallest absolute Gasteiger partial charge is 0.231 e. The minimum Gasteiger partial charge on any atom is -0.369 e. The molecular formula is C18H23FN6O. The molecule has 1 saturated heterocycles. The number of fused-ring (bicyclic) bond motifs is 1. The molecule has 0 saturated carbocycles. The highest BCUT2D eigenvalue weighted by Gasteiger charge is 2.31. The number of halogens is 1. The van der Waals surface area contributed by atoms with Crippen molar-refractivity contribution in [3.8, 4) is 0 Å². The maximum absolute atomic E-state index is 13.9. The average Bonchev–Trinajstić information content (AvgIpc) is 3.02. The summed E-state index contributed by atoms with van der Waals surface area (Å²) in [5, 5.41) is 14.9. The number of hydrogen-bond donors (Lipinski definition) is 1. The van der Waals surface area contributed by atoms with Gasteiger partial charge in [-0.25, -0.2) is 9.07 Å². The standard InChI is InChI=1S/C18H23FN6O/c19-15-6-1-2-7-16(15)24-11-8-13(9-12-24)20-18(26)14-5-3-4-10-25-17(14)21-22-23-25/h1-2,6-7,13-14H,3-5,8-12H2,(H,20,26)/t14-/m1/s1. The zero-order valence-corrected chi connectivity index (χ0v) is 14.6. The SMILES string of the molecule is O=C(NC1CCN(c2ccccc2F)CC1)[C@@H]1CCCCn2nnnc21. The summed E-state index contributed by atoms with van der Waals surface area (Å²) in [5.41, 5.74) is 0.639. The number of carbonyl (C=O) groups excluding carboxylic acids is 1. The van der Waals surface area contributed by atoms with Crippen LogP contribution in [0.3, 0.4) is 0 Å². The molecule has 1 N–H and O–H groups in total. The van der Waals surface area contributed by atoms with Crippen LogP contribution in [0.5, 0.6) is 0 Å². The van der Waals surface area contributed by atoms with E-state index in [0.29, 0.717) is 11.5 Å². The lowest BCUT2D eigenvalue weighted by Crippen LogP contribution is -2.46. The largest absolute Gasteiger partial charge is 0.369 e. The van der Waals surface area contributed by atoms with Crippen LogP contribution < -0.4 is 10.2 Å². The minimum absolute atomic E-state index is 0.00675. The van der Waals surface area contributed by atoms with Crippen LogP contribution in [-0.4, -0.2) is 45.2 Å². The number of benzene rings is 1. The lowest BCUT2D eigenvalue weighted by molar-refractivity contribution is -0.123. The number of piperidine rings is 1. The summed E-state index contributed by atoms with van der Waals surface area (Å²) in [6, 6.07) is 6.95. The molecule has 1 aromatic heterocycles. The number of aryl methyl sites for hydroxylation is 1. The van der Waals surface area contributed by atoms with E-state index < -0.39 is 0 Å². The molecule has 0 unspecified atom stereocenters. The minimum atomic E-state index is -0.280. The van der Waals surface area contributed by atoms with Crippen LogP contribution in [0.15, 0.2) is 24.3 Å². The average molecular weight is 358 g/mol. The van der Waals surface area contributed by atoms with Gasteiger partial charge >= 0.3 is 0 Å². The number of amides is 1. The molecule has 1 atom stereocenters. The first-order valence-electron chi connectivity index (χ1n) is 9.28. The van der Waals surface area contributed by atoms with Crippen LogP contribution >= 0.6 is 0 Å². The first-order valence-corrected chi connectivity index (χ1v) is 9.28. The Kier molecular flexibility index (Phi) is 4.81. The summed E-state index contributed by atoms with van der Waals surface area (Å²) in [6.45, 7) is 2.23. The third-order valence-corrected chi connectivity index (χ3v) is 5.33. The van der Waals surface area contributed by atoms with E-state index in [1.807, 2.05) is 11.0 Å². The number of hydrogen-bond acceptors (Lipinski definition) is 5. The van der Waals surface area contributed by atoms with Crippen molar-refractivity contribution in [2.24, 2.45) is 0 Å². The highest BCUT2D eigenvalue weighted by molar-refractivity contribution is 5.83. The fourth-order valence-corrected chi connectivity index (χ4v) is 3.88. The number of rotatable bonds is 3. The predicted octanol–water partition coefficient (Wildman–Crippen LogP) is 1.86. The van der Waals surface area contributed by atoms with E-state index >= 15 is 0 Å². The first-order chi connectivity index (χ1) is 12.7. The van der Waals surface area contributed by atoms with Crippen molar-refractivity contribution in [2.75, 3.05) is 18.0 Å². The first kappa shape index (κ1) is 16.9. The maximum atomic E-state index is 13.9. The van der Waals surface area contributed by atoms with Gasteiger partial charge in [0, 0.05) is 25.7 Å². The fraction of sp³-hybridized carbons (Fsp3) is 0.556. The third kappa shape index (κ3) is 3.40. The summed E-state index contributed by atoms with van der Waals surface area (Å²) >= 11 is 0. The topological polar surface area (TPSA) is 75.9 Å². The molecule has 0 radical (unpaired) electrons. The fourth-order valence-electron chi connectivity index (χ4n) is 3.88.